The van der Waals surface area contributed by atoms with Gasteiger partial charge in [0, 0.05) is 21.7 Å². The van der Waals surface area contributed by atoms with Crippen LogP contribution in [0, 0.1) is 17.0 Å². The molecule has 2 aromatic carbocycles. The fourth-order valence-electron chi connectivity index (χ4n) is 1.82. The largest absolute Gasteiger partial charge is 0.507 e. The summed E-state index contributed by atoms with van der Waals surface area (Å²) in [5, 5.41) is 24.3. The molecule has 2 aromatic rings. The second-order valence-corrected chi connectivity index (χ2v) is 5.58. The second-order valence-electron chi connectivity index (χ2n) is 4.66. The lowest BCUT2D eigenvalue weighted by Crippen LogP contribution is -2.17. The van der Waals surface area contributed by atoms with Gasteiger partial charge in [-0.15, -0.1) is 0 Å². The van der Waals surface area contributed by atoms with E-state index in [1.807, 2.05) is 0 Å². The van der Waals surface area contributed by atoms with Gasteiger partial charge in [0.2, 0.25) is 0 Å². The van der Waals surface area contributed by atoms with Gasteiger partial charge in [0.1, 0.15) is 5.75 Å². The minimum Gasteiger partial charge on any atom is -0.507 e. The highest BCUT2D eigenvalue weighted by molar-refractivity contribution is 9.10. The summed E-state index contributed by atoms with van der Waals surface area (Å²) in [5.41, 5.74) is 3.31. The Morgan fingerprint density at radius 3 is 2.78 bits per heavy atom. The van der Waals surface area contributed by atoms with Crippen molar-refractivity contribution in [3.05, 3.63) is 67.7 Å². The van der Waals surface area contributed by atoms with Crippen molar-refractivity contribution >= 4 is 33.7 Å². The van der Waals surface area contributed by atoms with Crippen LogP contribution in [0.15, 0.2) is 46.0 Å². The van der Waals surface area contributed by atoms with Crippen molar-refractivity contribution in [1.82, 2.24) is 5.43 Å². The first kappa shape index (κ1) is 16.6. The van der Waals surface area contributed by atoms with Crippen LogP contribution in [0.2, 0.25) is 0 Å². The number of amides is 1. The summed E-state index contributed by atoms with van der Waals surface area (Å²) < 4.78 is 0.638. The molecule has 0 fully saturated rings. The number of aromatic hydroxyl groups is 1. The van der Waals surface area contributed by atoms with Crippen LogP contribution >= 0.6 is 15.9 Å². The van der Waals surface area contributed by atoms with Gasteiger partial charge in [-0.1, -0.05) is 28.1 Å². The standard InChI is InChI=1S/C15H12BrN3O4/c1-9-2-3-10(6-13(9)19(22)23)8-17-18-15(21)12-7-11(16)4-5-14(12)20/h2-8,20H,1H3,(H,18,21)/b17-8+. The fraction of sp³-hybridized carbons (Fsp3) is 0.0667. The average Bonchev–Trinajstić information content (AvgIpc) is 2.51. The van der Waals surface area contributed by atoms with Gasteiger partial charge >= 0.3 is 0 Å². The molecular formula is C15H12BrN3O4. The molecule has 0 aliphatic heterocycles. The molecule has 0 spiro atoms. The van der Waals surface area contributed by atoms with E-state index in [9.17, 15) is 20.0 Å². The Kier molecular flexibility index (Phi) is 5.07. The molecule has 0 unspecified atom stereocenters. The number of hydrogen-bond donors (Lipinski definition) is 2. The van der Waals surface area contributed by atoms with E-state index in [0.717, 1.165) is 0 Å². The number of phenols is 1. The number of nitrogens with zero attached hydrogens (tertiary/aromatic N) is 2. The molecule has 0 radical (unpaired) electrons. The lowest BCUT2D eigenvalue weighted by Gasteiger charge is -2.03. The maximum Gasteiger partial charge on any atom is 0.275 e. The van der Waals surface area contributed by atoms with Crippen LogP contribution in [0.1, 0.15) is 21.5 Å². The molecule has 8 heteroatoms. The van der Waals surface area contributed by atoms with E-state index in [0.29, 0.717) is 15.6 Å². The smallest absolute Gasteiger partial charge is 0.275 e. The van der Waals surface area contributed by atoms with Gasteiger partial charge in [0.25, 0.3) is 11.6 Å². The molecule has 0 bridgehead atoms. The fourth-order valence-corrected chi connectivity index (χ4v) is 2.18. The number of nitrogens with one attached hydrogen (secondary N) is 1. The highest BCUT2D eigenvalue weighted by atomic mass is 79.9. The zero-order valence-electron chi connectivity index (χ0n) is 12.0. The molecule has 0 saturated carbocycles. The summed E-state index contributed by atoms with van der Waals surface area (Å²) in [5.74, 6) is -0.770. The molecule has 0 heterocycles. The van der Waals surface area contributed by atoms with Crippen molar-refractivity contribution in [3.63, 3.8) is 0 Å². The van der Waals surface area contributed by atoms with E-state index in [-0.39, 0.29) is 17.0 Å². The monoisotopic (exact) mass is 377 g/mol. The van der Waals surface area contributed by atoms with Crippen molar-refractivity contribution in [1.29, 1.82) is 0 Å². The molecule has 23 heavy (non-hydrogen) atoms. The molecule has 7 nitrogen and oxygen atoms in total. The number of nitro benzene ring substituents is 1. The molecule has 0 aromatic heterocycles. The molecule has 0 aliphatic carbocycles. The van der Waals surface area contributed by atoms with E-state index in [1.165, 1.54) is 24.4 Å². The molecule has 0 atom stereocenters. The minimum absolute atomic E-state index is 0.0232. The topological polar surface area (TPSA) is 105 Å². The molecule has 118 valence electrons. The minimum atomic E-state index is -0.596. The Hall–Kier alpha value is -2.74. The summed E-state index contributed by atoms with van der Waals surface area (Å²) in [6.45, 7) is 1.64. The molecular weight excluding hydrogens is 366 g/mol. The Morgan fingerprint density at radius 2 is 2.09 bits per heavy atom. The summed E-state index contributed by atoms with van der Waals surface area (Å²) in [7, 11) is 0. The van der Waals surface area contributed by atoms with E-state index in [2.05, 4.69) is 26.5 Å². The van der Waals surface area contributed by atoms with Gasteiger partial charge in [0.05, 0.1) is 16.7 Å². The maximum absolute atomic E-state index is 11.9. The van der Waals surface area contributed by atoms with Crippen LogP contribution in [0.4, 0.5) is 5.69 Å². The molecule has 2 rings (SSSR count). The Bertz CT molecular complexity index is 805. The Balaban J connectivity index is 2.13. The van der Waals surface area contributed by atoms with E-state index < -0.39 is 10.8 Å². The average molecular weight is 378 g/mol. The van der Waals surface area contributed by atoms with Crippen LogP contribution in [0.5, 0.6) is 5.75 Å². The normalized spacial score (nSPS) is 10.7. The number of hydrazone groups is 1. The quantitative estimate of drug-likeness (QED) is 0.484. The Morgan fingerprint density at radius 1 is 1.35 bits per heavy atom. The van der Waals surface area contributed by atoms with Gasteiger partial charge in [-0.25, -0.2) is 5.43 Å². The SMILES string of the molecule is Cc1ccc(/C=N/NC(=O)c2cc(Br)ccc2O)cc1[N+](=O)[O-]. The lowest BCUT2D eigenvalue weighted by molar-refractivity contribution is -0.385. The third kappa shape index (κ3) is 4.13. The number of phenolic OH excluding ortho intramolecular Hbond substituents is 1. The van der Waals surface area contributed by atoms with Crippen molar-refractivity contribution in [3.8, 4) is 5.75 Å². The van der Waals surface area contributed by atoms with Gasteiger partial charge in [-0.3, -0.25) is 14.9 Å². The summed E-state index contributed by atoms with van der Waals surface area (Å²) in [4.78, 5) is 22.3. The van der Waals surface area contributed by atoms with Gasteiger partial charge < -0.3 is 5.11 Å². The number of halogens is 1. The number of carbonyl (C=O) groups excluding carboxylic acids is 1. The summed E-state index contributed by atoms with van der Waals surface area (Å²) in [6.07, 6.45) is 1.29. The number of aryl methyl sites for hydroxylation is 1. The number of rotatable bonds is 4. The molecule has 0 saturated heterocycles. The molecule has 2 N–H and O–H groups in total. The number of benzene rings is 2. The predicted octanol–water partition coefficient (Wildman–Crippen LogP) is 3.14. The predicted molar refractivity (Wildman–Crippen MR) is 88.7 cm³/mol. The number of carbonyl (C=O) groups is 1. The molecule has 1 amide bonds. The van der Waals surface area contributed by atoms with Crippen LogP contribution in [-0.2, 0) is 0 Å². The van der Waals surface area contributed by atoms with E-state index in [4.69, 9.17) is 0 Å². The first-order chi connectivity index (χ1) is 10.9. The number of nitro groups is 1. The van der Waals surface area contributed by atoms with Crippen molar-refractivity contribution in [2.24, 2.45) is 5.10 Å². The molecule has 0 aliphatic rings. The van der Waals surface area contributed by atoms with E-state index in [1.54, 1.807) is 25.1 Å². The summed E-state index contributed by atoms with van der Waals surface area (Å²) >= 11 is 3.20. The first-order valence-corrected chi connectivity index (χ1v) is 7.25. The first-order valence-electron chi connectivity index (χ1n) is 6.45. The summed E-state index contributed by atoms with van der Waals surface area (Å²) in [6, 6.07) is 9.04. The highest BCUT2D eigenvalue weighted by Crippen LogP contribution is 2.21. The van der Waals surface area contributed by atoms with E-state index >= 15 is 0 Å². The second kappa shape index (κ2) is 7.01. The zero-order valence-corrected chi connectivity index (χ0v) is 13.6. The Labute approximate surface area is 139 Å². The maximum atomic E-state index is 11.9. The van der Waals surface area contributed by atoms with Crippen LogP contribution < -0.4 is 5.43 Å². The lowest BCUT2D eigenvalue weighted by atomic mass is 10.1. The van der Waals surface area contributed by atoms with Crippen molar-refractivity contribution < 1.29 is 14.8 Å². The van der Waals surface area contributed by atoms with Crippen LogP contribution in [-0.4, -0.2) is 22.2 Å². The number of hydrogen-bond acceptors (Lipinski definition) is 5. The van der Waals surface area contributed by atoms with Crippen LogP contribution in [0.3, 0.4) is 0 Å². The third-order valence-electron chi connectivity index (χ3n) is 3.01. The van der Waals surface area contributed by atoms with Gasteiger partial charge in [-0.05, 0) is 25.1 Å². The van der Waals surface area contributed by atoms with Crippen LogP contribution in [0.25, 0.3) is 0 Å². The van der Waals surface area contributed by atoms with Crippen molar-refractivity contribution in [2.75, 3.05) is 0 Å². The highest BCUT2D eigenvalue weighted by Gasteiger charge is 2.12. The van der Waals surface area contributed by atoms with Gasteiger partial charge in [0.15, 0.2) is 0 Å². The van der Waals surface area contributed by atoms with Crippen molar-refractivity contribution in [2.45, 2.75) is 6.92 Å². The van der Waals surface area contributed by atoms with Gasteiger partial charge in [-0.2, -0.15) is 5.10 Å². The third-order valence-corrected chi connectivity index (χ3v) is 3.51. The zero-order chi connectivity index (χ0) is 17.0.